The van der Waals surface area contributed by atoms with Gasteiger partial charge in [0.25, 0.3) is 0 Å². The van der Waals surface area contributed by atoms with Crippen LogP contribution in [0.3, 0.4) is 0 Å². The zero-order valence-electron chi connectivity index (χ0n) is 25.1. The molecule has 0 aliphatic carbocycles. The Labute approximate surface area is 253 Å². The van der Waals surface area contributed by atoms with Gasteiger partial charge in [0.15, 0.2) is 11.6 Å². The van der Waals surface area contributed by atoms with E-state index in [1.54, 1.807) is 12.1 Å². The van der Waals surface area contributed by atoms with Crippen LogP contribution in [0.2, 0.25) is 5.02 Å². The molecule has 2 aromatic rings. The molecule has 9 nitrogen and oxygen atoms in total. The molecule has 42 heavy (non-hydrogen) atoms. The first-order chi connectivity index (χ1) is 20.1. The second kappa shape index (κ2) is 18.3. The number of ether oxygens (including phenoxy) is 4. The van der Waals surface area contributed by atoms with Crippen LogP contribution >= 0.6 is 11.6 Å². The van der Waals surface area contributed by atoms with Gasteiger partial charge in [-0.25, -0.2) is 0 Å². The van der Waals surface area contributed by atoms with E-state index in [1.165, 1.54) is 19.9 Å². The van der Waals surface area contributed by atoms with Crippen molar-refractivity contribution >= 4 is 29.1 Å². The average Bonchev–Trinajstić information content (AvgIpc) is 2.93. The molecule has 0 aliphatic rings. The summed E-state index contributed by atoms with van der Waals surface area (Å²) in [6.07, 6.45) is 4.36. The number of benzene rings is 2. The summed E-state index contributed by atoms with van der Waals surface area (Å²) in [5, 5.41) is 19.7. The second-order valence-electron chi connectivity index (χ2n) is 9.96. The number of aliphatic carboxylic acids is 1. The van der Waals surface area contributed by atoms with Gasteiger partial charge in [-0.05, 0) is 51.3 Å². The number of hydrogen-bond donors (Lipinski definition) is 2. The summed E-state index contributed by atoms with van der Waals surface area (Å²) >= 11 is 6.36. The third kappa shape index (κ3) is 10.5. The van der Waals surface area contributed by atoms with Gasteiger partial charge in [0.1, 0.15) is 23.0 Å². The number of halogens is 1. The lowest BCUT2D eigenvalue weighted by molar-refractivity contribution is -0.137. The molecule has 0 aromatic heterocycles. The zero-order valence-corrected chi connectivity index (χ0v) is 25.8. The molecular formula is C32H43ClO9. The fourth-order valence-corrected chi connectivity index (χ4v) is 4.71. The van der Waals surface area contributed by atoms with Crippen molar-refractivity contribution in [1.29, 1.82) is 0 Å². The smallest absolute Gasteiger partial charge is 0.303 e. The zero-order chi connectivity index (χ0) is 31.1. The average molecular weight is 607 g/mol. The fourth-order valence-electron chi connectivity index (χ4n) is 4.43. The van der Waals surface area contributed by atoms with Crippen molar-refractivity contribution in [2.75, 3.05) is 33.0 Å². The first kappa shape index (κ1) is 34.9. The van der Waals surface area contributed by atoms with Crippen molar-refractivity contribution in [1.82, 2.24) is 0 Å². The Morgan fingerprint density at radius 1 is 0.762 bits per heavy atom. The third-order valence-corrected chi connectivity index (χ3v) is 6.71. The molecular weight excluding hydrogens is 564 g/mol. The second-order valence-corrected chi connectivity index (χ2v) is 10.4. The van der Waals surface area contributed by atoms with E-state index >= 15 is 0 Å². The van der Waals surface area contributed by atoms with E-state index in [0.717, 1.165) is 18.4 Å². The van der Waals surface area contributed by atoms with Crippen molar-refractivity contribution in [3.05, 3.63) is 45.5 Å². The molecule has 0 fully saturated rings. The van der Waals surface area contributed by atoms with E-state index in [0.29, 0.717) is 91.9 Å². The molecule has 2 rings (SSSR count). The van der Waals surface area contributed by atoms with Crippen LogP contribution in [0, 0.1) is 0 Å². The van der Waals surface area contributed by atoms with Crippen LogP contribution in [-0.4, -0.2) is 60.8 Å². The fraction of sp³-hybridized carbons (Fsp3) is 0.531. The minimum absolute atomic E-state index is 0.0234. The van der Waals surface area contributed by atoms with Crippen LogP contribution in [0.5, 0.6) is 23.0 Å². The number of aromatic hydroxyl groups is 1. The van der Waals surface area contributed by atoms with E-state index in [2.05, 4.69) is 0 Å². The van der Waals surface area contributed by atoms with Gasteiger partial charge in [-0.3, -0.25) is 14.4 Å². The highest BCUT2D eigenvalue weighted by Gasteiger charge is 2.20. The predicted octanol–water partition coefficient (Wildman–Crippen LogP) is 6.85. The molecule has 0 heterocycles. The van der Waals surface area contributed by atoms with Crippen LogP contribution in [0.4, 0.5) is 0 Å². The maximum absolute atomic E-state index is 12.3. The van der Waals surface area contributed by atoms with Crippen LogP contribution in [0.15, 0.2) is 18.2 Å². The quantitative estimate of drug-likeness (QED) is 0.116. The summed E-state index contributed by atoms with van der Waals surface area (Å²) in [6.45, 7) is 8.69. The van der Waals surface area contributed by atoms with E-state index < -0.39 is 5.97 Å². The molecule has 0 atom stereocenters. The van der Waals surface area contributed by atoms with Gasteiger partial charge in [0.05, 0.1) is 36.0 Å². The maximum atomic E-state index is 12.3. The largest absolute Gasteiger partial charge is 0.507 e. The number of rotatable bonds is 21. The summed E-state index contributed by atoms with van der Waals surface area (Å²) < 4.78 is 23.5. The molecule has 0 aliphatic heterocycles. The Kier molecular flexibility index (Phi) is 15.2. The van der Waals surface area contributed by atoms with Crippen LogP contribution in [0.1, 0.15) is 98.1 Å². The summed E-state index contributed by atoms with van der Waals surface area (Å²) in [4.78, 5) is 34.9. The van der Waals surface area contributed by atoms with Gasteiger partial charge in [-0.2, -0.15) is 0 Å². The Morgan fingerprint density at radius 2 is 1.33 bits per heavy atom. The van der Waals surface area contributed by atoms with Gasteiger partial charge < -0.3 is 29.2 Å². The van der Waals surface area contributed by atoms with Gasteiger partial charge in [-0.15, -0.1) is 0 Å². The van der Waals surface area contributed by atoms with E-state index in [1.807, 2.05) is 13.8 Å². The van der Waals surface area contributed by atoms with Crippen molar-refractivity contribution in [3.63, 3.8) is 0 Å². The van der Waals surface area contributed by atoms with Gasteiger partial charge in [0.2, 0.25) is 0 Å². The molecule has 2 N–H and O–H groups in total. The molecule has 2 aromatic carbocycles. The Balaban J connectivity index is 1.87. The van der Waals surface area contributed by atoms with E-state index in [4.69, 9.17) is 35.7 Å². The van der Waals surface area contributed by atoms with Crippen LogP contribution in [-0.2, 0) is 22.4 Å². The normalized spacial score (nSPS) is 10.9. The first-order valence-electron chi connectivity index (χ1n) is 14.5. The van der Waals surface area contributed by atoms with Gasteiger partial charge >= 0.3 is 5.97 Å². The van der Waals surface area contributed by atoms with Crippen LogP contribution in [0.25, 0.3) is 0 Å². The molecule has 232 valence electrons. The number of Topliss-reactive ketones (excluding diaryl/α,β-unsaturated/α-hetero) is 2. The number of carbonyl (C=O) groups excluding carboxylic acids is 2. The lowest BCUT2D eigenvalue weighted by Crippen LogP contribution is -2.11. The van der Waals surface area contributed by atoms with Crippen LogP contribution < -0.4 is 14.2 Å². The number of carbonyl (C=O) groups is 3. The minimum Gasteiger partial charge on any atom is -0.507 e. The predicted molar refractivity (Wildman–Crippen MR) is 161 cm³/mol. The van der Waals surface area contributed by atoms with Crippen molar-refractivity contribution < 1.29 is 43.5 Å². The number of ketones is 2. The lowest BCUT2D eigenvalue weighted by Gasteiger charge is -2.19. The Bertz CT molecular complexity index is 1210. The first-order valence-corrected chi connectivity index (χ1v) is 14.9. The van der Waals surface area contributed by atoms with Gasteiger partial charge in [-0.1, -0.05) is 38.3 Å². The maximum Gasteiger partial charge on any atom is 0.303 e. The summed E-state index contributed by atoms with van der Waals surface area (Å²) in [7, 11) is 0. The van der Waals surface area contributed by atoms with Crippen molar-refractivity contribution in [2.24, 2.45) is 0 Å². The molecule has 0 saturated heterocycles. The third-order valence-electron chi connectivity index (χ3n) is 6.43. The number of carboxylic acids is 1. The van der Waals surface area contributed by atoms with E-state index in [9.17, 15) is 19.5 Å². The lowest BCUT2D eigenvalue weighted by atomic mass is 10.0. The Hall–Kier alpha value is -3.30. The highest BCUT2D eigenvalue weighted by molar-refractivity contribution is 6.32. The summed E-state index contributed by atoms with van der Waals surface area (Å²) in [5.74, 6) is 0.185. The highest BCUT2D eigenvalue weighted by Crippen LogP contribution is 2.39. The number of phenolic OH excluding ortho intramolecular Hbond substituents is 1. The van der Waals surface area contributed by atoms with E-state index in [-0.39, 0.29) is 35.9 Å². The number of carboxylic acid groups (broad SMARTS) is 1. The molecule has 10 heteroatoms. The van der Waals surface area contributed by atoms with Crippen molar-refractivity contribution in [2.45, 2.75) is 79.1 Å². The van der Waals surface area contributed by atoms with Gasteiger partial charge in [0, 0.05) is 43.6 Å². The number of hydrogen-bond acceptors (Lipinski definition) is 8. The molecule has 0 amide bonds. The molecule has 0 radical (unpaired) electrons. The summed E-state index contributed by atoms with van der Waals surface area (Å²) in [5.41, 5.74) is 2.02. The molecule has 0 saturated carbocycles. The summed E-state index contributed by atoms with van der Waals surface area (Å²) in [6, 6.07) is 4.87. The standard InChI is InChI=1S/C32H43ClO9/c1-5-10-24-28(40-17-7-12-29(36)37)14-13-23(21(3)34)31(24)41-18-8-15-39-16-9-19-42-32-25(11-6-2)30(38)26(22(4)35)20-27(32)33/h13-14,20,38H,5-12,15-19H2,1-4H3,(H,36,37). The molecule has 0 bridgehead atoms. The monoisotopic (exact) mass is 606 g/mol. The Morgan fingerprint density at radius 3 is 1.90 bits per heavy atom. The molecule has 0 unspecified atom stereocenters. The minimum atomic E-state index is -0.871. The SMILES string of the molecule is CCCc1c(O)c(C(C)=O)cc(Cl)c1OCCCOCCCOc1c(C(C)=O)ccc(OCCCC(=O)O)c1CCC. The molecule has 0 spiro atoms. The van der Waals surface area contributed by atoms with Crippen molar-refractivity contribution in [3.8, 4) is 23.0 Å². The number of phenols is 1. The highest BCUT2D eigenvalue weighted by atomic mass is 35.5. The topological polar surface area (TPSA) is 129 Å².